The van der Waals surface area contributed by atoms with Gasteiger partial charge in [0.2, 0.25) is 5.91 Å². The number of aromatic nitrogens is 2. The second-order valence-corrected chi connectivity index (χ2v) is 10.0. The minimum atomic E-state index is -4.60. The van der Waals surface area contributed by atoms with E-state index in [9.17, 15) is 27.2 Å². The molecule has 6 nitrogen and oxygen atoms in total. The van der Waals surface area contributed by atoms with Crippen LogP contribution in [0.1, 0.15) is 54.6 Å². The molecule has 2 heterocycles. The van der Waals surface area contributed by atoms with Crippen molar-refractivity contribution in [2.75, 3.05) is 6.54 Å². The molecule has 5 rings (SSSR count). The van der Waals surface area contributed by atoms with Gasteiger partial charge >= 0.3 is 12.1 Å². The smallest absolute Gasteiger partial charge is 0.435 e. The van der Waals surface area contributed by atoms with E-state index < -0.39 is 23.7 Å². The SMILES string of the molecule is O=C(O)C1CC2(CC(CC(=O)N3CCc4c(C(F)(F)F)nn(Cc5ccc(F)cc5)c4C3)C2)C1. The first kappa shape index (κ1) is 22.9. The number of carboxylic acids is 1. The Hall–Kier alpha value is -2.91. The summed E-state index contributed by atoms with van der Waals surface area (Å²) in [6.07, 6.45) is -1.18. The van der Waals surface area contributed by atoms with Crippen molar-refractivity contribution in [1.82, 2.24) is 14.7 Å². The Bertz CT molecular complexity index is 1110. The van der Waals surface area contributed by atoms with Gasteiger partial charge in [0.05, 0.1) is 24.7 Å². The maximum Gasteiger partial charge on any atom is 0.435 e. The maximum atomic E-state index is 13.6. The van der Waals surface area contributed by atoms with Crippen molar-refractivity contribution in [3.8, 4) is 0 Å². The zero-order chi connectivity index (χ0) is 24.3. The minimum absolute atomic E-state index is 0.0522. The normalized spacial score (nSPS) is 26.1. The average molecular weight is 479 g/mol. The van der Waals surface area contributed by atoms with Crippen LogP contribution in [0.5, 0.6) is 0 Å². The molecule has 2 fully saturated rings. The van der Waals surface area contributed by atoms with Crippen molar-refractivity contribution in [3.05, 3.63) is 52.6 Å². The number of benzene rings is 1. The summed E-state index contributed by atoms with van der Waals surface area (Å²) in [7, 11) is 0. The molecule has 1 N–H and O–H groups in total. The molecule has 2 aromatic rings. The fourth-order valence-corrected chi connectivity index (χ4v) is 5.99. The van der Waals surface area contributed by atoms with Gasteiger partial charge in [0.15, 0.2) is 5.69 Å². The van der Waals surface area contributed by atoms with Crippen LogP contribution in [0, 0.1) is 23.1 Å². The Labute approximate surface area is 193 Å². The fraction of sp³-hybridized carbons (Fsp3) is 0.542. The first-order valence-electron chi connectivity index (χ1n) is 11.4. The van der Waals surface area contributed by atoms with E-state index in [1.54, 1.807) is 4.90 Å². The quantitative estimate of drug-likeness (QED) is 0.651. The molecular weight excluding hydrogens is 454 g/mol. The van der Waals surface area contributed by atoms with Crippen LogP contribution in [0.2, 0.25) is 0 Å². The van der Waals surface area contributed by atoms with Gasteiger partial charge < -0.3 is 10.0 Å². The van der Waals surface area contributed by atoms with Gasteiger partial charge in [-0.3, -0.25) is 14.3 Å². The number of fused-ring (bicyclic) bond motifs is 1. The summed E-state index contributed by atoms with van der Waals surface area (Å²) in [5.41, 5.74) is 0.248. The van der Waals surface area contributed by atoms with Crippen molar-refractivity contribution >= 4 is 11.9 Å². The number of rotatable bonds is 5. The van der Waals surface area contributed by atoms with E-state index in [0.29, 0.717) is 30.5 Å². The van der Waals surface area contributed by atoms with Crippen LogP contribution >= 0.6 is 0 Å². The summed E-state index contributed by atoms with van der Waals surface area (Å²) in [4.78, 5) is 25.6. The summed E-state index contributed by atoms with van der Waals surface area (Å²) in [6.45, 7) is 0.310. The molecule has 2 saturated carbocycles. The predicted molar refractivity (Wildman–Crippen MR) is 112 cm³/mol. The van der Waals surface area contributed by atoms with Crippen LogP contribution in [-0.2, 0) is 35.3 Å². The minimum Gasteiger partial charge on any atom is -0.481 e. The fourth-order valence-electron chi connectivity index (χ4n) is 5.99. The lowest BCUT2D eigenvalue weighted by molar-refractivity contribution is -0.160. The molecule has 1 aliphatic heterocycles. The van der Waals surface area contributed by atoms with E-state index in [1.165, 1.54) is 28.9 Å². The van der Waals surface area contributed by atoms with E-state index in [2.05, 4.69) is 5.10 Å². The van der Waals surface area contributed by atoms with E-state index in [1.807, 2.05) is 0 Å². The lowest BCUT2D eigenvalue weighted by Gasteiger charge is -2.57. The zero-order valence-corrected chi connectivity index (χ0v) is 18.4. The third-order valence-electron chi connectivity index (χ3n) is 7.62. The molecule has 1 aromatic carbocycles. The molecule has 34 heavy (non-hydrogen) atoms. The topological polar surface area (TPSA) is 75.4 Å². The number of nitrogens with zero attached hydrogens (tertiary/aromatic N) is 3. The average Bonchev–Trinajstić information content (AvgIpc) is 3.08. The molecule has 0 saturated heterocycles. The Morgan fingerprint density at radius 3 is 2.41 bits per heavy atom. The molecule has 2 aliphatic carbocycles. The van der Waals surface area contributed by atoms with Gasteiger partial charge in [-0.05, 0) is 61.1 Å². The molecule has 182 valence electrons. The molecule has 0 unspecified atom stereocenters. The highest BCUT2D eigenvalue weighted by Gasteiger charge is 2.55. The second kappa shape index (κ2) is 8.09. The molecule has 0 radical (unpaired) electrons. The summed E-state index contributed by atoms with van der Waals surface area (Å²) < 4.78 is 55.3. The number of halogens is 4. The Kier molecular flexibility index (Phi) is 5.44. The molecule has 3 aliphatic rings. The van der Waals surface area contributed by atoms with Crippen molar-refractivity contribution < 1.29 is 32.3 Å². The molecule has 1 aromatic heterocycles. The first-order chi connectivity index (χ1) is 16.0. The Balaban J connectivity index is 1.27. The van der Waals surface area contributed by atoms with Gasteiger partial charge in [0, 0.05) is 18.5 Å². The van der Waals surface area contributed by atoms with Gasteiger partial charge in [-0.2, -0.15) is 18.3 Å². The molecule has 0 bridgehead atoms. The van der Waals surface area contributed by atoms with Gasteiger partial charge in [0.25, 0.3) is 0 Å². The highest BCUT2D eigenvalue weighted by atomic mass is 19.4. The number of amides is 1. The number of carbonyl (C=O) groups is 2. The van der Waals surface area contributed by atoms with Crippen LogP contribution in [0.25, 0.3) is 0 Å². The highest BCUT2D eigenvalue weighted by molar-refractivity contribution is 5.77. The van der Waals surface area contributed by atoms with Crippen LogP contribution in [0.4, 0.5) is 17.6 Å². The molecule has 0 atom stereocenters. The van der Waals surface area contributed by atoms with E-state index in [-0.39, 0.29) is 54.8 Å². The molecule has 10 heteroatoms. The van der Waals surface area contributed by atoms with Crippen molar-refractivity contribution in [2.24, 2.45) is 17.3 Å². The lowest BCUT2D eigenvalue weighted by Crippen LogP contribution is -2.51. The monoisotopic (exact) mass is 479 g/mol. The number of carboxylic acid groups (broad SMARTS) is 1. The Morgan fingerprint density at radius 1 is 1.12 bits per heavy atom. The number of aliphatic carboxylic acids is 1. The lowest BCUT2D eigenvalue weighted by atomic mass is 9.47. The number of hydrogen-bond donors (Lipinski definition) is 1. The maximum absolute atomic E-state index is 13.6. The van der Waals surface area contributed by atoms with E-state index in [0.717, 1.165) is 12.8 Å². The van der Waals surface area contributed by atoms with E-state index in [4.69, 9.17) is 5.11 Å². The van der Waals surface area contributed by atoms with Gasteiger partial charge in [0.1, 0.15) is 5.82 Å². The van der Waals surface area contributed by atoms with Gasteiger partial charge in [-0.1, -0.05) is 12.1 Å². The first-order valence-corrected chi connectivity index (χ1v) is 11.4. The number of carbonyl (C=O) groups excluding carboxylic acids is 1. The summed E-state index contributed by atoms with van der Waals surface area (Å²) in [5.74, 6) is -1.37. The molecular formula is C24H25F4N3O3. The number of hydrogen-bond acceptors (Lipinski definition) is 3. The summed E-state index contributed by atoms with van der Waals surface area (Å²) >= 11 is 0. The standard InChI is InChI=1S/C24H25F4N3O3/c25-17-3-1-14(2-4-17)12-31-19-13-30(6-5-18(19)21(29-31)24(26,27)28)20(32)7-15-8-23(9-15)10-16(11-23)22(33)34/h1-4,15-16H,5-13H2,(H,33,34). The van der Waals surface area contributed by atoms with Gasteiger partial charge in [-0.15, -0.1) is 0 Å². The second-order valence-electron chi connectivity index (χ2n) is 10.0. The number of alkyl halides is 3. The van der Waals surface area contributed by atoms with Crippen molar-refractivity contribution in [1.29, 1.82) is 0 Å². The van der Waals surface area contributed by atoms with Crippen molar-refractivity contribution in [2.45, 2.75) is 57.8 Å². The third kappa shape index (κ3) is 4.18. The molecule has 1 amide bonds. The predicted octanol–water partition coefficient (Wildman–Crippen LogP) is 4.26. The highest BCUT2D eigenvalue weighted by Crippen LogP contribution is 2.62. The summed E-state index contributed by atoms with van der Waals surface area (Å²) in [5, 5.41) is 12.9. The largest absolute Gasteiger partial charge is 0.481 e. The third-order valence-corrected chi connectivity index (χ3v) is 7.62. The van der Waals surface area contributed by atoms with Gasteiger partial charge in [-0.25, -0.2) is 4.39 Å². The van der Waals surface area contributed by atoms with Crippen molar-refractivity contribution in [3.63, 3.8) is 0 Å². The van der Waals surface area contributed by atoms with E-state index >= 15 is 0 Å². The Morgan fingerprint density at radius 2 is 1.79 bits per heavy atom. The zero-order valence-electron chi connectivity index (χ0n) is 18.4. The van der Waals surface area contributed by atoms with Crippen LogP contribution in [-0.4, -0.2) is 38.2 Å². The summed E-state index contributed by atoms with van der Waals surface area (Å²) in [6, 6.07) is 5.50. The molecule has 1 spiro atoms. The van der Waals surface area contributed by atoms with Crippen LogP contribution < -0.4 is 0 Å². The van der Waals surface area contributed by atoms with Crippen LogP contribution in [0.3, 0.4) is 0 Å². The van der Waals surface area contributed by atoms with Crippen LogP contribution in [0.15, 0.2) is 24.3 Å².